The molecule has 0 aliphatic rings. The summed E-state index contributed by atoms with van der Waals surface area (Å²) < 4.78 is 16.8. The number of hydrogen-bond acceptors (Lipinski definition) is 6. The second-order valence-corrected chi connectivity index (χ2v) is 19.5. The quantitative estimate of drug-likeness (QED) is 0.0261. The Morgan fingerprint density at radius 1 is 0.292 bits per heavy atom. The van der Waals surface area contributed by atoms with Gasteiger partial charge in [0, 0.05) is 19.3 Å². The van der Waals surface area contributed by atoms with Gasteiger partial charge in [-0.15, -0.1) is 0 Å². The summed E-state index contributed by atoms with van der Waals surface area (Å²) in [4.78, 5) is 38.2. The van der Waals surface area contributed by atoms with E-state index in [0.29, 0.717) is 19.3 Å². The molecule has 0 heterocycles. The van der Waals surface area contributed by atoms with Gasteiger partial charge in [-0.2, -0.15) is 0 Å². The Morgan fingerprint density at radius 2 is 0.556 bits per heavy atom. The molecule has 0 aliphatic carbocycles. The van der Waals surface area contributed by atoms with Crippen molar-refractivity contribution in [1.82, 2.24) is 0 Å². The molecule has 0 amide bonds. The fraction of sp³-hybridized carbons (Fsp3) is 0.682. The van der Waals surface area contributed by atoms with Crippen molar-refractivity contribution in [1.29, 1.82) is 0 Å². The molecule has 0 rings (SSSR count). The predicted octanol–water partition coefficient (Wildman–Crippen LogP) is 20.3. The van der Waals surface area contributed by atoms with Gasteiger partial charge in [0.25, 0.3) is 0 Å². The van der Waals surface area contributed by atoms with Crippen molar-refractivity contribution in [2.45, 2.75) is 277 Å². The number of carbonyl (C=O) groups excluding carboxylic acids is 3. The standard InChI is InChI=1S/C66H110O6/c1-4-7-10-13-16-19-22-25-28-31-33-36-38-41-44-47-50-53-56-59-65(68)71-62-63(61-70-64(67)58-55-52-49-46-43-40-37-34-30-27-24-21-18-15-12-9-6-3)72-66(69)60-57-54-51-48-45-42-39-35-32-29-26-23-20-17-14-11-8-5-2/h9,12,16,18-21,23,25,27-30,32,37,40,46,49,63H,4-8,10-11,13-15,17,22,24,26,31,33-36,38-39,41-45,47-48,50-62H2,1-3H3/b12-9-,19-16-,21-18-,23-20-,28-25-,30-27-,32-29-,40-37-,49-46-. The third kappa shape index (κ3) is 57.0. The number of unbranched alkanes of at least 4 members (excludes halogenated alkanes) is 24. The molecule has 1 unspecified atom stereocenters. The van der Waals surface area contributed by atoms with E-state index < -0.39 is 6.10 Å². The minimum absolute atomic E-state index is 0.102. The highest BCUT2D eigenvalue weighted by Gasteiger charge is 2.19. The van der Waals surface area contributed by atoms with Crippen LogP contribution >= 0.6 is 0 Å². The Bertz CT molecular complexity index is 1470. The van der Waals surface area contributed by atoms with E-state index in [9.17, 15) is 14.4 Å². The molecule has 0 bridgehead atoms. The van der Waals surface area contributed by atoms with Crippen LogP contribution in [0.15, 0.2) is 109 Å². The van der Waals surface area contributed by atoms with Gasteiger partial charge in [0.1, 0.15) is 13.2 Å². The number of esters is 3. The summed E-state index contributed by atoms with van der Waals surface area (Å²) in [6, 6.07) is 0. The zero-order valence-electron chi connectivity index (χ0n) is 46.9. The van der Waals surface area contributed by atoms with Crippen LogP contribution in [0.25, 0.3) is 0 Å². The number of rotatable bonds is 53. The zero-order valence-corrected chi connectivity index (χ0v) is 46.9. The topological polar surface area (TPSA) is 78.9 Å². The molecule has 72 heavy (non-hydrogen) atoms. The Kier molecular flexibility index (Phi) is 56.4. The van der Waals surface area contributed by atoms with Crippen molar-refractivity contribution in [3.8, 4) is 0 Å². The average Bonchev–Trinajstić information content (AvgIpc) is 3.38. The van der Waals surface area contributed by atoms with Gasteiger partial charge >= 0.3 is 17.9 Å². The monoisotopic (exact) mass is 999 g/mol. The van der Waals surface area contributed by atoms with Crippen LogP contribution in [0.4, 0.5) is 0 Å². The lowest BCUT2D eigenvalue weighted by atomic mass is 10.1. The van der Waals surface area contributed by atoms with E-state index >= 15 is 0 Å². The van der Waals surface area contributed by atoms with Crippen LogP contribution in [0.2, 0.25) is 0 Å². The van der Waals surface area contributed by atoms with Crippen molar-refractivity contribution < 1.29 is 28.6 Å². The first kappa shape index (κ1) is 68.1. The predicted molar refractivity (Wildman–Crippen MR) is 311 cm³/mol. The number of carbonyl (C=O) groups is 3. The lowest BCUT2D eigenvalue weighted by Crippen LogP contribution is -2.30. The first-order valence-electron chi connectivity index (χ1n) is 29.9. The summed E-state index contributed by atoms with van der Waals surface area (Å²) in [5.41, 5.74) is 0. The van der Waals surface area contributed by atoms with Crippen LogP contribution in [0.5, 0.6) is 0 Å². The Balaban J connectivity index is 4.49. The lowest BCUT2D eigenvalue weighted by molar-refractivity contribution is -0.167. The van der Waals surface area contributed by atoms with E-state index in [1.807, 2.05) is 0 Å². The van der Waals surface area contributed by atoms with Gasteiger partial charge in [0.2, 0.25) is 0 Å². The van der Waals surface area contributed by atoms with E-state index in [0.717, 1.165) is 96.3 Å². The molecule has 0 aromatic carbocycles. The maximum absolute atomic E-state index is 12.9. The Labute approximate surface area is 444 Å². The molecule has 1 atom stereocenters. The van der Waals surface area contributed by atoms with Crippen molar-refractivity contribution >= 4 is 17.9 Å². The van der Waals surface area contributed by atoms with Gasteiger partial charge in [0.15, 0.2) is 6.10 Å². The fourth-order valence-corrected chi connectivity index (χ4v) is 8.01. The molecule has 0 N–H and O–H groups in total. The summed E-state index contributed by atoms with van der Waals surface area (Å²) in [6.07, 6.45) is 80.8. The highest BCUT2D eigenvalue weighted by molar-refractivity contribution is 5.71. The second-order valence-electron chi connectivity index (χ2n) is 19.5. The van der Waals surface area contributed by atoms with Crippen molar-refractivity contribution in [2.75, 3.05) is 13.2 Å². The molecular weight excluding hydrogens is 889 g/mol. The SMILES string of the molecule is CC/C=C\C/C=C\C/C=C\C/C=C\C/C=C\CCCC(=O)OCC(COC(=O)CCCCCCCCCCC/C=C\C/C=C\CCCCC)OC(=O)CCCCCCCCC/C=C\C/C=C\CCCCCC. The minimum atomic E-state index is -0.810. The van der Waals surface area contributed by atoms with Crippen LogP contribution < -0.4 is 0 Å². The zero-order chi connectivity index (χ0) is 52.2. The fourth-order valence-electron chi connectivity index (χ4n) is 8.01. The summed E-state index contributed by atoms with van der Waals surface area (Å²) >= 11 is 0. The van der Waals surface area contributed by atoms with Gasteiger partial charge in [-0.05, 0) is 122 Å². The lowest BCUT2D eigenvalue weighted by Gasteiger charge is -2.18. The molecule has 0 saturated heterocycles. The minimum Gasteiger partial charge on any atom is -0.462 e. The van der Waals surface area contributed by atoms with Crippen molar-refractivity contribution in [2.24, 2.45) is 0 Å². The molecule has 6 nitrogen and oxygen atoms in total. The van der Waals surface area contributed by atoms with Gasteiger partial charge in [0.05, 0.1) is 0 Å². The van der Waals surface area contributed by atoms with Gasteiger partial charge in [-0.25, -0.2) is 0 Å². The molecule has 0 spiro atoms. The summed E-state index contributed by atoms with van der Waals surface area (Å²) in [5, 5.41) is 0. The molecule has 0 saturated carbocycles. The maximum atomic E-state index is 12.9. The van der Waals surface area contributed by atoms with E-state index in [-0.39, 0.29) is 37.5 Å². The van der Waals surface area contributed by atoms with Crippen molar-refractivity contribution in [3.05, 3.63) is 109 Å². The second kappa shape index (κ2) is 59.6. The highest BCUT2D eigenvalue weighted by Crippen LogP contribution is 2.15. The molecule has 6 heteroatoms. The molecule has 0 aliphatic heterocycles. The molecule has 0 fully saturated rings. The third-order valence-electron chi connectivity index (χ3n) is 12.5. The van der Waals surface area contributed by atoms with Crippen LogP contribution in [0.3, 0.4) is 0 Å². The molecule has 0 radical (unpaired) electrons. The van der Waals surface area contributed by atoms with Gasteiger partial charge in [-0.3, -0.25) is 14.4 Å². The van der Waals surface area contributed by atoms with E-state index in [4.69, 9.17) is 14.2 Å². The van der Waals surface area contributed by atoms with Crippen LogP contribution in [0.1, 0.15) is 271 Å². The smallest absolute Gasteiger partial charge is 0.306 e. The first-order chi connectivity index (χ1) is 35.5. The molecule has 410 valence electrons. The average molecular weight is 1000 g/mol. The summed E-state index contributed by atoms with van der Waals surface area (Å²) in [5.74, 6) is -0.972. The van der Waals surface area contributed by atoms with Crippen LogP contribution in [0, 0.1) is 0 Å². The third-order valence-corrected chi connectivity index (χ3v) is 12.5. The van der Waals surface area contributed by atoms with E-state index in [1.54, 1.807) is 0 Å². The van der Waals surface area contributed by atoms with E-state index in [2.05, 4.69) is 130 Å². The molecule has 0 aromatic rings. The number of hydrogen-bond donors (Lipinski definition) is 0. The van der Waals surface area contributed by atoms with Crippen molar-refractivity contribution in [3.63, 3.8) is 0 Å². The number of ether oxygens (including phenoxy) is 3. The Morgan fingerprint density at radius 3 is 0.931 bits per heavy atom. The number of allylic oxidation sites excluding steroid dienone is 18. The summed E-state index contributed by atoms with van der Waals surface area (Å²) in [7, 11) is 0. The molecular formula is C66H110O6. The van der Waals surface area contributed by atoms with Crippen LogP contribution in [-0.4, -0.2) is 37.2 Å². The Hall–Kier alpha value is -3.93. The largest absolute Gasteiger partial charge is 0.462 e. The normalized spacial score (nSPS) is 12.9. The van der Waals surface area contributed by atoms with Gasteiger partial charge in [-0.1, -0.05) is 239 Å². The van der Waals surface area contributed by atoms with E-state index in [1.165, 1.54) is 128 Å². The van der Waals surface area contributed by atoms with Gasteiger partial charge < -0.3 is 14.2 Å². The molecule has 0 aromatic heterocycles. The maximum Gasteiger partial charge on any atom is 0.306 e. The highest BCUT2D eigenvalue weighted by atomic mass is 16.6. The first-order valence-corrected chi connectivity index (χ1v) is 29.9. The van der Waals surface area contributed by atoms with Crippen LogP contribution in [-0.2, 0) is 28.6 Å². The summed E-state index contributed by atoms with van der Waals surface area (Å²) in [6.45, 7) is 6.44.